The van der Waals surface area contributed by atoms with Crippen molar-refractivity contribution in [2.45, 2.75) is 6.04 Å². The Morgan fingerprint density at radius 3 is 2.20 bits per heavy atom. The standard InChI is InChI=1S/C15H15ClINO2/c1-19-13-6-4-10(8-14(13)20-2)15(18)9-3-5-12(17)11(16)7-9/h3-8,15H,18H2,1-2H3. The zero-order valence-corrected chi connectivity index (χ0v) is 14.1. The Kier molecular flexibility index (Phi) is 5.12. The quantitative estimate of drug-likeness (QED) is 0.785. The fourth-order valence-corrected chi connectivity index (χ4v) is 2.47. The van der Waals surface area contributed by atoms with Gasteiger partial charge in [0.05, 0.1) is 25.3 Å². The summed E-state index contributed by atoms with van der Waals surface area (Å²) in [7, 11) is 3.21. The van der Waals surface area contributed by atoms with Crippen molar-refractivity contribution < 1.29 is 9.47 Å². The molecule has 0 aliphatic carbocycles. The highest BCUT2D eigenvalue weighted by Gasteiger charge is 2.13. The molecule has 1 atom stereocenters. The molecule has 0 aliphatic heterocycles. The van der Waals surface area contributed by atoms with Crippen LogP contribution in [0.5, 0.6) is 11.5 Å². The summed E-state index contributed by atoms with van der Waals surface area (Å²) < 4.78 is 11.5. The number of hydrogen-bond acceptors (Lipinski definition) is 3. The van der Waals surface area contributed by atoms with Crippen LogP contribution in [-0.4, -0.2) is 14.2 Å². The third-order valence-corrected chi connectivity index (χ3v) is 4.64. The summed E-state index contributed by atoms with van der Waals surface area (Å²) in [6.45, 7) is 0. The smallest absolute Gasteiger partial charge is 0.161 e. The molecule has 0 amide bonds. The third-order valence-electron chi connectivity index (χ3n) is 3.07. The van der Waals surface area contributed by atoms with Crippen LogP contribution in [-0.2, 0) is 0 Å². The molecule has 1 unspecified atom stereocenters. The van der Waals surface area contributed by atoms with E-state index in [0.29, 0.717) is 16.5 Å². The molecule has 3 nitrogen and oxygen atoms in total. The predicted molar refractivity (Wildman–Crippen MR) is 89.7 cm³/mol. The SMILES string of the molecule is COc1ccc(C(N)c2ccc(I)c(Cl)c2)cc1OC. The zero-order chi connectivity index (χ0) is 14.7. The summed E-state index contributed by atoms with van der Waals surface area (Å²) >= 11 is 8.33. The van der Waals surface area contributed by atoms with E-state index in [9.17, 15) is 0 Å². The minimum Gasteiger partial charge on any atom is -0.493 e. The first-order valence-corrected chi connectivity index (χ1v) is 7.45. The second-order valence-corrected chi connectivity index (χ2v) is 5.84. The maximum atomic E-state index is 6.29. The number of methoxy groups -OCH3 is 2. The van der Waals surface area contributed by atoms with Gasteiger partial charge in [-0.15, -0.1) is 0 Å². The lowest BCUT2D eigenvalue weighted by Crippen LogP contribution is -2.12. The molecular weight excluding hydrogens is 389 g/mol. The first-order chi connectivity index (χ1) is 9.56. The summed E-state index contributed by atoms with van der Waals surface area (Å²) in [6, 6.07) is 11.2. The van der Waals surface area contributed by atoms with Crippen molar-refractivity contribution >= 4 is 34.2 Å². The Morgan fingerprint density at radius 1 is 1.00 bits per heavy atom. The monoisotopic (exact) mass is 403 g/mol. The molecule has 2 N–H and O–H groups in total. The van der Waals surface area contributed by atoms with E-state index in [-0.39, 0.29) is 6.04 Å². The van der Waals surface area contributed by atoms with E-state index in [2.05, 4.69) is 22.6 Å². The van der Waals surface area contributed by atoms with E-state index in [4.69, 9.17) is 26.8 Å². The zero-order valence-electron chi connectivity index (χ0n) is 11.2. The lowest BCUT2D eigenvalue weighted by atomic mass is 9.99. The lowest BCUT2D eigenvalue weighted by molar-refractivity contribution is 0.354. The van der Waals surface area contributed by atoms with Gasteiger partial charge in [0.1, 0.15) is 0 Å². The van der Waals surface area contributed by atoms with E-state index in [1.807, 2.05) is 36.4 Å². The van der Waals surface area contributed by atoms with Gasteiger partial charge in [0.15, 0.2) is 11.5 Å². The Labute approximate surface area is 137 Å². The number of nitrogens with two attached hydrogens (primary N) is 1. The van der Waals surface area contributed by atoms with Crippen LogP contribution in [0.1, 0.15) is 17.2 Å². The van der Waals surface area contributed by atoms with Gasteiger partial charge in [-0.25, -0.2) is 0 Å². The summed E-state index contributed by atoms with van der Waals surface area (Å²) in [5.41, 5.74) is 8.20. The van der Waals surface area contributed by atoms with Gasteiger partial charge in [0, 0.05) is 3.57 Å². The third kappa shape index (κ3) is 3.19. The van der Waals surface area contributed by atoms with Crippen LogP contribution in [0.2, 0.25) is 5.02 Å². The Morgan fingerprint density at radius 2 is 1.60 bits per heavy atom. The van der Waals surface area contributed by atoms with Crippen molar-refractivity contribution in [2.24, 2.45) is 5.73 Å². The highest BCUT2D eigenvalue weighted by atomic mass is 127. The summed E-state index contributed by atoms with van der Waals surface area (Å²) in [4.78, 5) is 0. The van der Waals surface area contributed by atoms with Gasteiger partial charge in [-0.1, -0.05) is 23.7 Å². The number of halogens is 2. The van der Waals surface area contributed by atoms with Crippen molar-refractivity contribution in [3.05, 3.63) is 56.1 Å². The molecule has 20 heavy (non-hydrogen) atoms. The van der Waals surface area contributed by atoms with Crippen molar-refractivity contribution in [1.82, 2.24) is 0 Å². The van der Waals surface area contributed by atoms with Crippen molar-refractivity contribution in [1.29, 1.82) is 0 Å². The van der Waals surface area contributed by atoms with Crippen LogP contribution in [0.3, 0.4) is 0 Å². The second-order valence-electron chi connectivity index (χ2n) is 4.27. The topological polar surface area (TPSA) is 44.5 Å². The molecule has 0 saturated heterocycles. The molecule has 0 fully saturated rings. The van der Waals surface area contributed by atoms with E-state index in [1.165, 1.54) is 0 Å². The second kappa shape index (κ2) is 6.65. The maximum Gasteiger partial charge on any atom is 0.161 e. The van der Waals surface area contributed by atoms with Crippen LogP contribution in [0, 0.1) is 3.57 Å². The first kappa shape index (κ1) is 15.4. The average molecular weight is 404 g/mol. The van der Waals surface area contributed by atoms with Gasteiger partial charge in [-0.2, -0.15) is 0 Å². The molecule has 2 aromatic rings. The van der Waals surface area contributed by atoms with Crippen molar-refractivity contribution in [2.75, 3.05) is 14.2 Å². The van der Waals surface area contributed by atoms with Gasteiger partial charge in [0.25, 0.3) is 0 Å². The number of benzene rings is 2. The Hall–Kier alpha value is -0.980. The fourth-order valence-electron chi connectivity index (χ4n) is 1.94. The largest absolute Gasteiger partial charge is 0.493 e. The number of hydrogen-bond donors (Lipinski definition) is 1. The highest BCUT2D eigenvalue weighted by Crippen LogP contribution is 2.32. The van der Waals surface area contributed by atoms with Crippen molar-refractivity contribution in [3.8, 4) is 11.5 Å². The first-order valence-electron chi connectivity index (χ1n) is 5.99. The van der Waals surface area contributed by atoms with Crippen molar-refractivity contribution in [3.63, 3.8) is 0 Å². The lowest BCUT2D eigenvalue weighted by Gasteiger charge is -2.16. The molecule has 106 valence electrons. The number of ether oxygens (including phenoxy) is 2. The van der Waals surface area contributed by atoms with E-state index in [1.54, 1.807) is 14.2 Å². The van der Waals surface area contributed by atoms with Crippen LogP contribution < -0.4 is 15.2 Å². The van der Waals surface area contributed by atoms with Crippen LogP contribution in [0.25, 0.3) is 0 Å². The molecule has 2 rings (SSSR count). The van der Waals surface area contributed by atoms with Crippen LogP contribution in [0.15, 0.2) is 36.4 Å². The van der Waals surface area contributed by atoms with E-state index >= 15 is 0 Å². The molecule has 0 bridgehead atoms. The minimum absolute atomic E-state index is 0.260. The molecule has 0 aromatic heterocycles. The molecular formula is C15H15ClINO2. The number of rotatable bonds is 4. The molecule has 0 radical (unpaired) electrons. The van der Waals surface area contributed by atoms with E-state index < -0.39 is 0 Å². The summed E-state index contributed by atoms with van der Waals surface area (Å²) in [5, 5.41) is 0.707. The maximum absolute atomic E-state index is 6.29. The van der Waals surface area contributed by atoms with Gasteiger partial charge in [0.2, 0.25) is 0 Å². The highest BCUT2D eigenvalue weighted by molar-refractivity contribution is 14.1. The van der Waals surface area contributed by atoms with E-state index in [0.717, 1.165) is 14.7 Å². The van der Waals surface area contributed by atoms with Gasteiger partial charge < -0.3 is 15.2 Å². The molecule has 0 spiro atoms. The Balaban J connectivity index is 2.37. The predicted octanol–water partition coefficient (Wildman–Crippen LogP) is 4.01. The molecule has 5 heteroatoms. The normalized spacial score (nSPS) is 12.1. The molecule has 0 aliphatic rings. The fraction of sp³-hybridized carbons (Fsp3) is 0.200. The Bertz CT molecular complexity index is 619. The van der Waals surface area contributed by atoms with Gasteiger partial charge in [-0.05, 0) is 58.0 Å². The van der Waals surface area contributed by atoms with Crippen LogP contribution >= 0.6 is 34.2 Å². The van der Waals surface area contributed by atoms with Gasteiger partial charge in [-0.3, -0.25) is 0 Å². The summed E-state index contributed by atoms with van der Waals surface area (Å²) in [6.07, 6.45) is 0. The molecule has 2 aromatic carbocycles. The van der Waals surface area contributed by atoms with Crippen LogP contribution in [0.4, 0.5) is 0 Å². The molecule has 0 heterocycles. The average Bonchev–Trinajstić information content (AvgIpc) is 2.48. The van der Waals surface area contributed by atoms with Gasteiger partial charge >= 0.3 is 0 Å². The minimum atomic E-state index is -0.260. The molecule has 0 saturated carbocycles. The summed E-state index contributed by atoms with van der Waals surface area (Å²) in [5.74, 6) is 1.35.